The zero-order chi connectivity index (χ0) is 11.3. The molecular formula is C9H17N5O. The predicted molar refractivity (Wildman–Crippen MR) is 56.4 cm³/mol. The number of carbonyl (C=O) groups is 1. The van der Waals surface area contributed by atoms with Crippen LogP contribution in [0.2, 0.25) is 0 Å². The summed E-state index contributed by atoms with van der Waals surface area (Å²) in [7, 11) is 1.88. The van der Waals surface area contributed by atoms with E-state index in [0.717, 1.165) is 5.82 Å². The summed E-state index contributed by atoms with van der Waals surface area (Å²) >= 11 is 0. The SMILES string of the molecule is CC(C)NC(=O)NCCc1nncn1C. The zero-order valence-electron chi connectivity index (χ0n) is 9.32. The Hall–Kier alpha value is -1.59. The van der Waals surface area contributed by atoms with Crippen LogP contribution in [-0.4, -0.2) is 33.4 Å². The van der Waals surface area contributed by atoms with Gasteiger partial charge in [-0.1, -0.05) is 0 Å². The largest absolute Gasteiger partial charge is 0.338 e. The first-order valence-electron chi connectivity index (χ1n) is 4.97. The van der Waals surface area contributed by atoms with Gasteiger partial charge in [0.25, 0.3) is 0 Å². The monoisotopic (exact) mass is 211 g/mol. The Kier molecular flexibility index (Phi) is 4.08. The van der Waals surface area contributed by atoms with Gasteiger partial charge in [-0.25, -0.2) is 4.79 Å². The summed E-state index contributed by atoms with van der Waals surface area (Å²) in [4.78, 5) is 11.2. The van der Waals surface area contributed by atoms with Crippen molar-refractivity contribution in [1.29, 1.82) is 0 Å². The number of aromatic nitrogens is 3. The van der Waals surface area contributed by atoms with Crippen LogP contribution in [0.15, 0.2) is 6.33 Å². The third-order valence-electron chi connectivity index (χ3n) is 1.86. The maximum Gasteiger partial charge on any atom is 0.314 e. The quantitative estimate of drug-likeness (QED) is 0.740. The topological polar surface area (TPSA) is 71.8 Å². The van der Waals surface area contributed by atoms with Crippen molar-refractivity contribution in [3.05, 3.63) is 12.2 Å². The summed E-state index contributed by atoms with van der Waals surface area (Å²) in [5.41, 5.74) is 0. The maximum atomic E-state index is 11.2. The number of aryl methyl sites for hydroxylation is 1. The lowest BCUT2D eigenvalue weighted by atomic mass is 10.4. The lowest BCUT2D eigenvalue weighted by Crippen LogP contribution is -2.40. The molecule has 0 saturated carbocycles. The summed E-state index contributed by atoms with van der Waals surface area (Å²) in [5, 5.41) is 13.2. The normalized spacial score (nSPS) is 10.4. The molecule has 0 spiro atoms. The van der Waals surface area contributed by atoms with Crippen LogP contribution in [0.25, 0.3) is 0 Å². The minimum atomic E-state index is -0.146. The molecule has 1 rings (SSSR count). The maximum absolute atomic E-state index is 11.2. The van der Waals surface area contributed by atoms with Crippen molar-refractivity contribution in [2.24, 2.45) is 7.05 Å². The lowest BCUT2D eigenvalue weighted by molar-refractivity contribution is 0.238. The van der Waals surface area contributed by atoms with Gasteiger partial charge in [0, 0.05) is 26.1 Å². The molecule has 0 fully saturated rings. The van der Waals surface area contributed by atoms with Crippen LogP contribution in [0.1, 0.15) is 19.7 Å². The first-order chi connectivity index (χ1) is 7.09. The minimum Gasteiger partial charge on any atom is -0.338 e. The molecule has 0 aliphatic heterocycles. The number of nitrogens with zero attached hydrogens (tertiary/aromatic N) is 3. The van der Waals surface area contributed by atoms with Crippen molar-refractivity contribution >= 4 is 6.03 Å². The molecule has 0 bridgehead atoms. The molecule has 1 aromatic rings. The highest BCUT2D eigenvalue weighted by Gasteiger charge is 2.03. The molecule has 0 saturated heterocycles. The smallest absolute Gasteiger partial charge is 0.314 e. The van der Waals surface area contributed by atoms with Gasteiger partial charge >= 0.3 is 6.03 Å². The van der Waals surface area contributed by atoms with Crippen LogP contribution in [0.3, 0.4) is 0 Å². The molecule has 0 aromatic carbocycles. The van der Waals surface area contributed by atoms with Crippen molar-refractivity contribution in [3.8, 4) is 0 Å². The molecule has 0 atom stereocenters. The Morgan fingerprint density at radius 2 is 2.33 bits per heavy atom. The molecular weight excluding hydrogens is 194 g/mol. The standard InChI is InChI=1S/C9H17N5O/c1-7(2)12-9(15)10-5-4-8-13-11-6-14(8)3/h6-7H,4-5H2,1-3H3,(H2,10,12,15). The summed E-state index contributed by atoms with van der Waals surface area (Å²) in [5.74, 6) is 0.861. The number of hydrogen-bond donors (Lipinski definition) is 2. The van der Waals surface area contributed by atoms with Crippen LogP contribution in [0.4, 0.5) is 4.79 Å². The van der Waals surface area contributed by atoms with E-state index in [1.54, 1.807) is 6.33 Å². The van der Waals surface area contributed by atoms with E-state index in [-0.39, 0.29) is 12.1 Å². The second kappa shape index (κ2) is 5.33. The van der Waals surface area contributed by atoms with E-state index in [2.05, 4.69) is 20.8 Å². The highest BCUT2D eigenvalue weighted by atomic mass is 16.2. The first kappa shape index (κ1) is 11.5. The summed E-state index contributed by atoms with van der Waals surface area (Å²) in [6.07, 6.45) is 2.32. The van der Waals surface area contributed by atoms with E-state index in [1.165, 1.54) is 0 Å². The van der Waals surface area contributed by atoms with Gasteiger partial charge in [0.1, 0.15) is 12.2 Å². The molecule has 1 aromatic heterocycles. The van der Waals surface area contributed by atoms with Gasteiger partial charge in [0.15, 0.2) is 0 Å². The molecule has 0 unspecified atom stereocenters. The fourth-order valence-corrected chi connectivity index (χ4v) is 1.13. The van der Waals surface area contributed by atoms with Crippen molar-refractivity contribution in [2.45, 2.75) is 26.3 Å². The molecule has 0 aliphatic carbocycles. The first-order valence-corrected chi connectivity index (χ1v) is 4.97. The fourth-order valence-electron chi connectivity index (χ4n) is 1.13. The van der Waals surface area contributed by atoms with Crippen LogP contribution < -0.4 is 10.6 Å². The molecule has 2 amide bonds. The Labute approximate surface area is 89.1 Å². The second-order valence-electron chi connectivity index (χ2n) is 3.66. The van der Waals surface area contributed by atoms with Gasteiger partial charge in [-0.15, -0.1) is 10.2 Å². The third-order valence-corrected chi connectivity index (χ3v) is 1.86. The molecule has 0 aliphatic rings. The average molecular weight is 211 g/mol. The Balaban J connectivity index is 2.22. The highest BCUT2D eigenvalue weighted by molar-refractivity contribution is 5.74. The number of amides is 2. The molecule has 84 valence electrons. The van der Waals surface area contributed by atoms with Gasteiger partial charge in [-0.3, -0.25) is 0 Å². The third kappa shape index (κ3) is 3.97. The molecule has 1 heterocycles. The van der Waals surface area contributed by atoms with Crippen molar-refractivity contribution in [3.63, 3.8) is 0 Å². The van der Waals surface area contributed by atoms with Crippen LogP contribution >= 0.6 is 0 Å². The van der Waals surface area contributed by atoms with E-state index in [9.17, 15) is 4.79 Å². The number of rotatable bonds is 4. The van der Waals surface area contributed by atoms with Gasteiger partial charge in [-0.05, 0) is 13.8 Å². The Morgan fingerprint density at radius 1 is 1.60 bits per heavy atom. The Bertz CT molecular complexity index is 320. The van der Waals surface area contributed by atoms with E-state index in [1.807, 2.05) is 25.5 Å². The average Bonchev–Trinajstić information content (AvgIpc) is 2.50. The zero-order valence-corrected chi connectivity index (χ0v) is 9.32. The molecule has 2 N–H and O–H groups in total. The number of urea groups is 1. The highest BCUT2D eigenvalue weighted by Crippen LogP contribution is 1.91. The minimum absolute atomic E-state index is 0.146. The second-order valence-corrected chi connectivity index (χ2v) is 3.66. The molecule has 6 heteroatoms. The predicted octanol–water partition coefficient (Wildman–Crippen LogP) is 0.0652. The van der Waals surface area contributed by atoms with E-state index in [0.29, 0.717) is 13.0 Å². The fraction of sp³-hybridized carbons (Fsp3) is 0.667. The molecule has 15 heavy (non-hydrogen) atoms. The van der Waals surface area contributed by atoms with E-state index < -0.39 is 0 Å². The van der Waals surface area contributed by atoms with Crippen LogP contribution in [0, 0.1) is 0 Å². The van der Waals surface area contributed by atoms with Crippen molar-refractivity contribution < 1.29 is 4.79 Å². The summed E-state index contributed by atoms with van der Waals surface area (Å²) in [6, 6.07) is 0.00648. The summed E-state index contributed by atoms with van der Waals surface area (Å²) < 4.78 is 1.84. The molecule has 0 radical (unpaired) electrons. The van der Waals surface area contributed by atoms with Gasteiger partial charge in [-0.2, -0.15) is 0 Å². The van der Waals surface area contributed by atoms with Crippen LogP contribution in [0.5, 0.6) is 0 Å². The molecule has 6 nitrogen and oxygen atoms in total. The Morgan fingerprint density at radius 3 is 2.87 bits per heavy atom. The lowest BCUT2D eigenvalue weighted by Gasteiger charge is -2.09. The summed E-state index contributed by atoms with van der Waals surface area (Å²) in [6.45, 7) is 4.40. The number of hydrogen-bond acceptors (Lipinski definition) is 3. The van der Waals surface area contributed by atoms with Gasteiger partial charge in [0.05, 0.1) is 0 Å². The number of nitrogens with one attached hydrogen (secondary N) is 2. The number of carbonyl (C=O) groups excluding carboxylic acids is 1. The van der Waals surface area contributed by atoms with E-state index in [4.69, 9.17) is 0 Å². The van der Waals surface area contributed by atoms with Crippen LogP contribution in [-0.2, 0) is 13.5 Å². The van der Waals surface area contributed by atoms with Crippen molar-refractivity contribution in [1.82, 2.24) is 25.4 Å². The van der Waals surface area contributed by atoms with Gasteiger partial charge < -0.3 is 15.2 Å². The van der Waals surface area contributed by atoms with E-state index >= 15 is 0 Å². The van der Waals surface area contributed by atoms with Gasteiger partial charge in [0.2, 0.25) is 0 Å². The van der Waals surface area contributed by atoms with Crippen molar-refractivity contribution in [2.75, 3.05) is 6.54 Å².